The summed E-state index contributed by atoms with van der Waals surface area (Å²) in [6.07, 6.45) is 7.42. The number of aldehydes is 1. The Morgan fingerprint density at radius 3 is 2.52 bits per heavy atom. The van der Waals surface area contributed by atoms with Crippen LogP contribution in [0.4, 0.5) is 4.39 Å². The summed E-state index contributed by atoms with van der Waals surface area (Å²) in [5.74, 6) is -0.0218. The minimum absolute atomic E-state index is 0.0649. The van der Waals surface area contributed by atoms with Crippen molar-refractivity contribution in [2.45, 2.75) is 32.6 Å². The molecule has 0 bridgehead atoms. The van der Waals surface area contributed by atoms with Gasteiger partial charge >= 0.3 is 0 Å². The van der Waals surface area contributed by atoms with Gasteiger partial charge in [0, 0.05) is 19.0 Å². The molecule has 0 atom stereocenters. The maximum absolute atomic E-state index is 15.6. The van der Waals surface area contributed by atoms with Crippen LogP contribution in [0.25, 0.3) is 11.1 Å². The van der Waals surface area contributed by atoms with Gasteiger partial charge in [0.25, 0.3) is 0 Å². The maximum atomic E-state index is 15.6. The zero-order chi connectivity index (χ0) is 23.4. The van der Waals surface area contributed by atoms with Crippen LogP contribution in [-0.2, 0) is 11.2 Å². The fraction of sp³-hybridized carbons (Fsp3) is 0.276. The lowest BCUT2D eigenvalue weighted by Crippen LogP contribution is -2.33. The number of aromatic hydroxyl groups is 1. The number of phenols is 1. The van der Waals surface area contributed by atoms with Gasteiger partial charge in [-0.05, 0) is 84.2 Å². The third-order valence-corrected chi connectivity index (χ3v) is 6.64. The lowest BCUT2D eigenvalue weighted by atomic mass is 9.79. The van der Waals surface area contributed by atoms with E-state index in [4.69, 9.17) is 0 Å². The van der Waals surface area contributed by atoms with Crippen molar-refractivity contribution >= 4 is 17.4 Å². The third-order valence-electron chi connectivity index (χ3n) is 6.64. The van der Waals surface area contributed by atoms with E-state index in [1.54, 1.807) is 18.2 Å². The first-order valence-electron chi connectivity index (χ1n) is 11.6. The molecule has 33 heavy (non-hydrogen) atoms. The van der Waals surface area contributed by atoms with Crippen molar-refractivity contribution in [3.63, 3.8) is 0 Å². The number of hydrogen-bond donors (Lipinski definition) is 1. The van der Waals surface area contributed by atoms with Gasteiger partial charge in [-0.2, -0.15) is 0 Å². The van der Waals surface area contributed by atoms with E-state index in [0.29, 0.717) is 24.4 Å². The lowest BCUT2D eigenvalue weighted by molar-refractivity contribution is -0.112. The number of carbonyl (C=O) groups excluding carboxylic acids is 1. The minimum atomic E-state index is -0.321. The van der Waals surface area contributed by atoms with Gasteiger partial charge in [-0.1, -0.05) is 49.1 Å². The second kappa shape index (κ2) is 10.0. The molecule has 1 N–H and O–H groups in total. The molecular weight excluding hydrogens is 413 g/mol. The number of halogens is 1. The molecule has 0 radical (unpaired) electrons. The second-order valence-corrected chi connectivity index (χ2v) is 8.71. The molecule has 1 saturated heterocycles. The maximum Gasteiger partial charge on any atom is 0.146 e. The van der Waals surface area contributed by atoms with Gasteiger partial charge in [0.2, 0.25) is 0 Å². The first-order valence-corrected chi connectivity index (χ1v) is 11.6. The molecule has 4 rings (SSSR count). The number of allylic oxidation sites excluding steroid dienone is 6. The number of nitrogens with zero attached hydrogens (tertiary/aromatic N) is 1. The van der Waals surface area contributed by atoms with E-state index >= 15 is 4.39 Å². The molecule has 0 spiro atoms. The summed E-state index contributed by atoms with van der Waals surface area (Å²) in [4.78, 5) is 13.1. The summed E-state index contributed by atoms with van der Waals surface area (Å²) in [6, 6.07) is 15.5. The average molecular weight is 444 g/mol. The molecule has 170 valence electrons. The summed E-state index contributed by atoms with van der Waals surface area (Å²) in [7, 11) is 0. The van der Waals surface area contributed by atoms with Crippen molar-refractivity contribution in [1.29, 1.82) is 0 Å². The number of rotatable bonds is 6. The molecule has 0 aromatic heterocycles. The van der Waals surface area contributed by atoms with Crippen molar-refractivity contribution in [2.24, 2.45) is 5.92 Å². The number of aryl methyl sites for hydroxylation is 1. The fourth-order valence-corrected chi connectivity index (χ4v) is 4.92. The Bertz CT molecular complexity index is 1140. The predicted octanol–water partition coefficient (Wildman–Crippen LogP) is 6.47. The van der Waals surface area contributed by atoms with Gasteiger partial charge in [0.15, 0.2) is 0 Å². The summed E-state index contributed by atoms with van der Waals surface area (Å²) in [6.45, 7) is 7.44. The summed E-state index contributed by atoms with van der Waals surface area (Å²) in [5, 5.41) is 9.98. The molecule has 2 aromatic rings. The van der Waals surface area contributed by atoms with E-state index in [9.17, 15) is 9.90 Å². The van der Waals surface area contributed by atoms with Crippen LogP contribution >= 0.6 is 0 Å². The predicted molar refractivity (Wildman–Crippen MR) is 132 cm³/mol. The van der Waals surface area contributed by atoms with Gasteiger partial charge in [-0.15, -0.1) is 0 Å². The molecule has 4 heteroatoms. The Morgan fingerprint density at radius 1 is 1.12 bits per heavy atom. The van der Waals surface area contributed by atoms with Crippen LogP contribution in [0, 0.1) is 5.92 Å². The number of fused-ring (bicyclic) bond motifs is 1. The van der Waals surface area contributed by atoms with Crippen molar-refractivity contribution in [3.05, 3.63) is 101 Å². The molecule has 0 unspecified atom stereocenters. The van der Waals surface area contributed by atoms with Crippen LogP contribution in [0.1, 0.15) is 42.9 Å². The van der Waals surface area contributed by atoms with E-state index < -0.39 is 0 Å². The molecule has 1 aliphatic carbocycles. The quantitative estimate of drug-likeness (QED) is 0.411. The number of piperidine rings is 1. The van der Waals surface area contributed by atoms with Gasteiger partial charge < -0.3 is 14.8 Å². The highest BCUT2D eigenvalue weighted by molar-refractivity contribution is 6.01. The lowest BCUT2D eigenvalue weighted by Gasteiger charge is -2.33. The van der Waals surface area contributed by atoms with Crippen LogP contribution in [0.15, 0.2) is 84.4 Å². The number of benzene rings is 2. The van der Waals surface area contributed by atoms with Crippen LogP contribution in [0.3, 0.4) is 0 Å². The van der Waals surface area contributed by atoms with Gasteiger partial charge in [-0.25, -0.2) is 4.39 Å². The first kappa shape index (κ1) is 22.8. The topological polar surface area (TPSA) is 40.5 Å². The Hall–Kier alpha value is -3.40. The van der Waals surface area contributed by atoms with E-state index in [-0.39, 0.29) is 17.5 Å². The molecule has 1 fully saturated rings. The highest BCUT2D eigenvalue weighted by Crippen LogP contribution is 2.42. The minimum Gasteiger partial charge on any atom is -0.508 e. The average Bonchev–Trinajstić information content (AvgIpc) is 2.84. The van der Waals surface area contributed by atoms with E-state index in [0.717, 1.165) is 59.8 Å². The number of likely N-dealkylation sites (tertiary alicyclic amines) is 1. The Kier molecular flexibility index (Phi) is 6.93. The molecule has 2 aromatic carbocycles. The van der Waals surface area contributed by atoms with Crippen molar-refractivity contribution in [1.82, 2.24) is 4.90 Å². The number of phenolic OH excluding ortho intramolecular Hbond substituents is 1. The third kappa shape index (κ3) is 4.85. The largest absolute Gasteiger partial charge is 0.508 e. The highest BCUT2D eigenvalue weighted by atomic mass is 19.1. The SMILES string of the molecule is C=C(/C=C(F)\C(=C/C)N1CCC(C=O)CC1)C1=C(c2ccccc2)CCc2cc(O)ccc21. The van der Waals surface area contributed by atoms with Crippen molar-refractivity contribution < 1.29 is 14.3 Å². The highest BCUT2D eigenvalue weighted by Gasteiger charge is 2.24. The Balaban J connectivity index is 1.71. The fourth-order valence-electron chi connectivity index (χ4n) is 4.92. The molecule has 1 heterocycles. The number of hydrogen-bond acceptors (Lipinski definition) is 3. The van der Waals surface area contributed by atoms with Gasteiger partial charge in [-0.3, -0.25) is 0 Å². The molecule has 0 amide bonds. The zero-order valence-electron chi connectivity index (χ0n) is 19.1. The zero-order valence-corrected chi connectivity index (χ0v) is 19.1. The van der Waals surface area contributed by atoms with E-state index in [1.807, 2.05) is 36.1 Å². The summed E-state index contributed by atoms with van der Waals surface area (Å²) < 4.78 is 15.6. The van der Waals surface area contributed by atoms with Crippen LogP contribution < -0.4 is 0 Å². The van der Waals surface area contributed by atoms with Crippen molar-refractivity contribution in [2.75, 3.05) is 13.1 Å². The Morgan fingerprint density at radius 2 is 1.85 bits per heavy atom. The normalized spacial score (nSPS) is 17.7. The second-order valence-electron chi connectivity index (χ2n) is 8.71. The first-order chi connectivity index (χ1) is 16.0. The molecular formula is C29H30FNO2. The molecule has 3 nitrogen and oxygen atoms in total. The standard InChI is InChI=1S/C29H30FNO2/c1-3-28(31-15-13-21(19-32)14-16-31)27(30)17-20(2)29-25(22-7-5-4-6-8-22)11-9-23-18-24(33)10-12-26(23)29/h3-8,10,12,17-19,21,33H,2,9,11,13-16H2,1H3/b27-17+,28-3+. The van der Waals surface area contributed by atoms with E-state index in [2.05, 4.69) is 18.7 Å². The molecule has 1 aliphatic heterocycles. The van der Waals surface area contributed by atoms with E-state index in [1.165, 1.54) is 6.08 Å². The van der Waals surface area contributed by atoms with Crippen LogP contribution in [0.5, 0.6) is 5.75 Å². The van der Waals surface area contributed by atoms with Crippen LogP contribution in [0.2, 0.25) is 0 Å². The van der Waals surface area contributed by atoms with Crippen LogP contribution in [-0.4, -0.2) is 29.4 Å². The monoisotopic (exact) mass is 443 g/mol. The smallest absolute Gasteiger partial charge is 0.146 e. The summed E-state index contributed by atoms with van der Waals surface area (Å²) >= 11 is 0. The number of carbonyl (C=O) groups is 1. The summed E-state index contributed by atoms with van der Waals surface area (Å²) in [5.41, 5.74) is 6.35. The molecule has 2 aliphatic rings. The van der Waals surface area contributed by atoms with Gasteiger partial charge in [0.05, 0.1) is 5.70 Å². The Labute approximate surface area is 195 Å². The van der Waals surface area contributed by atoms with Gasteiger partial charge in [0.1, 0.15) is 17.9 Å². The van der Waals surface area contributed by atoms with Crippen molar-refractivity contribution in [3.8, 4) is 5.75 Å². The molecule has 0 saturated carbocycles.